The van der Waals surface area contributed by atoms with Gasteiger partial charge in [-0.05, 0) is 43.2 Å². The highest BCUT2D eigenvalue weighted by atomic mass is 16.5. The number of likely N-dealkylation sites (tertiary alicyclic amines) is 1. The largest absolute Gasteiger partial charge is 0.490 e. The Hall–Kier alpha value is -2.86. The molecule has 1 heterocycles. The number of carbonyl (C=O) groups excluding carboxylic acids is 2. The van der Waals surface area contributed by atoms with Gasteiger partial charge >= 0.3 is 0 Å². The molecule has 1 aliphatic heterocycles. The number of nitrogens with two attached hydrogens (primary N) is 1. The summed E-state index contributed by atoms with van der Waals surface area (Å²) in [5.41, 5.74) is 7.48. The minimum absolute atomic E-state index is 0.00826. The third kappa shape index (κ3) is 6.06. The van der Waals surface area contributed by atoms with Gasteiger partial charge in [-0.2, -0.15) is 0 Å². The molecule has 0 unspecified atom stereocenters. The van der Waals surface area contributed by atoms with Gasteiger partial charge in [-0.15, -0.1) is 0 Å². The van der Waals surface area contributed by atoms with Crippen molar-refractivity contribution >= 4 is 11.8 Å². The molecule has 0 spiro atoms. The Labute approximate surface area is 172 Å². The first-order valence-corrected chi connectivity index (χ1v) is 10.2. The molecular formula is C23H29N3O3. The van der Waals surface area contributed by atoms with Gasteiger partial charge < -0.3 is 20.7 Å². The van der Waals surface area contributed by atoms with Crippen molar-refractivity contribution in [2.75, 3.05) is 19.6 Å². The molecule has 154 valence electrons. The molecule has 1 saturated heterocycles. The van der Waals surface area contributed by atoms with Crippen molar-refractivity contribution in [1.82, 2.24) is 10.2 Å². The van der Waals surface area contributed by atoms with E-state index in [1.807, 2.05) is 30.3 Å². The lowest BCUT2D eigenvalue weighted by Gasteiger charge is -2.33. The van der Waals surface area contributed by atoms with Crippen LogP contribution in [-0.4, -0.2) is 48.5 Å². The fourth-order valence-corrected chi connectivity index (χ4v) is 3.43. The number of piperidine rings is 1. The lowest BCUT2D eigenvalue weighted by molar-refractivity contribution is -0.133. The van der Waals surface area contributed by atoms with E-state index in [0.717, 1.165) is 25.0 Å². The maximum atomic E-state index is 12.3. The zero-order valence-electron chi connectivity index (χ0n) is 16.8. The average molecular weight is 396 g/mol. The van der Waals surface area contributed by atoms with Crippen LogP contribution in [0.3, 0.4) is 0 Å². The van der Waals surface area contributed by atoms with Crippen LogP contribution in [0.5, 0.6) is 5.75 Å². The summed E-state index contributed by atoms with van der Waals surface area (Å²) in [7, 11) is 0. The number of amides is 2. The van der Waals surface area contributed by atoms with E-state index < -0.39 is 6.04 Å². The number of benzene rings is 2. The van der Waals surface area contributed by atoms with Crippen molar-refractivity contribution in [3.05, 3.63) is 65.7 Å². The van der Waals surface area contributed by atoms with Crippen molar-refractivity contribution in [3.63, 3.8) is 0 Å². The van der Waals surface area contributed by atoms with Crippen LogP contribution < -0.4 is 15.8 Å². The maximum absolute atomic E-state index is 12.3. The highest BCUT2D eigenvalue weighted by molar-refractivity contribution is 5.94. The van der Waals surface area contributed by atoms with Gasteiger partial charge in [-0.25, -0.2) is 0 Å². The van der Waals surface area contributed by atoms with E-state index in [-0.39, 0.29) is 17.9 Å². The lowest BCUT2D eigenvalue weighted by Crippen LogP contribution is -2.47. The molecule has 1 fully saturated rings. The third-order valence-electron chi connectivity index (χ3n) is 5.10. The molecule has 29 heavy (non-hydrogen) atoms. The first kappa shape index (κ1) is 20.9. The Morgan fingerprint density at radius 1 is 1.10 bits per heavy atom. The predicted molar refractivity (Wildman–Crippen MR) is 113 cm³/mol. The first-order chi connectivity index (χ1) is 14.0. The molecule has 2 amide bonds. The van der Waals surface area contributed by atoms with Crippen molar-refractivity contribution in [2.24, 2.45) is 5.73 Å². The van der Waals surface area contributed by atoms with Crippen LogP contribution in [0.2, 0.25) is 0 Å². The number of hydrogen-bond acceptors (Lipinski definition) is 4. The van der Waals surface area contributed by atoms with E-state index in [4.69, 9.17) is 10.5 Å². The second kappa shape index (κ2) is 10.1. The number of ether oxygens (including phenoxy) is 1. The highest BCUT2D eigenvalue weighted by Gasteiger charge is 2.25. The van der Waals surface area contributed by atoms with Crippen molar-refractivity contribution < 1.29 is 14.3 Å². The second-order valence-electron chi connectivity index (χ2n) is 7.45. The summed E-state index contributed by atoms with van der Waals surface area (Å²) in [5.74, 6) is 0.643. The Morgan fingerprint density at radius 3 is 2.38 bits per heavy atom. The number of hydrogen-bond donors (Lipinski definition) is 2. The summed E-state index contributed by atoms with van der Waals surface area (Å²) in [4.78, 5) is 26.0. The first-order valence-electron chi connectivity index (χ1n) is 10.2. The molecule has 3 rings (SSSR count). The number of rotatable bonds is 7. The van der Waals surface area contributed by atoms with Gasteiger partial charge in [0.1, 0.15) is 11.9 Å². The second-order valence-corrected chi connectivity index (χ2v) is 7.45. The zero-order chi connectivity index (χ0) is 20.6. The average Bonchev–Trinajstić information content (AvgIpc) is 2.75. The van der Waals surface area contributed by atoms with E-state index in [1.165, 1.54) is 5.56 Å². The van der Waals surface area contributed by atoms with Crippen molar-refractivity contribution in [2.45, 2.75) is 38.3 Å². The molecule has 1 atom stereocenters. The maximum Gasteiger partial charge on any atom is 0.251 e. The Kier molecular flexibility index (Phi) is 7.25. The summed E-state index contributed by atoms with van der Waals surface area (Å²) in [6.07, 6.45) is 2.43. The standard InChI is InChI=1S/C23H29N3O3/c1-17(24)23(28)26-15-12-21(13-16-26)29-20-9-7-19(8-10-20)22(27)25-14-11-18-5-3-2-4-6-18/h2-10,17,21H,11-16,24H2,1H3,(H,25,27)/t17-/m0/s1. The van der Waals surface area contributed by atoms with Crippen LogP contribution in [0.1, 0.15) is 35.7 Å². The van der Waals surface area contributed by atoms with Crippen molar-refractivity contribution in [3.8, 4) is 5.75 Å². The van der Waals surface area contributed by atoms with E-state index in [9.17, 15) is 9.59 Å². The van der Waals surface area contributed by atoms with Crippen LogP contribution in [0, 0.1) is 0 Å². The van der Waals surface area contributed by atoms with Gasteiger partial charge in [0.05, 0.1) is 6.04 Å². The SMILES string of the molecule is C[C@H](N)C(=O)N1CCC(Oc2ccc(C(=O)NCCc3ccccc3)cc2)CC1. The molecule has 0 aliphatic carbocycles. The topological polar surface area (TPSA) is 84.7 Å². The minimum atomic E-state index is -0.459. The normalized spacial score (nSPS) is 15.6. The molecule has 2 aromatic carbocycles. The van der Waals surface area contributed by atoms with Crippen LogP contribution in [0.15, 0.2) is 54.6 Å². The van der Waals surface area contributed by atoms with Crippen LogP contribution >= 0.6 is 0 Å². The van der Waals surface area contributed by atoms with Gasteiger partial charge in [-0.3, -0.25) is 9.59 Å². The molecule has 0 aromatic heterocycles. The van der Waals surface area contributed by atoms with E-state index in [2.05, 4.69) is 17.4 Å². The van der Waals surface area contributed by atoms with Gasteiger partial charge in [0.2, 0.25) is 5.91 Å². The molecule has 1 aliphatic rings. The number of nitrogens with one attached hydrogen (secondary N) is 1. The zero-order valence-corrected chi connectivity index (χ0v) is 16.8. The monoisotopic (exact) mass is 395 g/mol. The molecule has 0 bridgehead atoms. The number of nitrogens with zero attached hydrogens (tertiary/aromatic N) is 1. The van der Waals surface area contributed by atoms with Gasteiger partial charge in [0, 0.05) is 38.0 Å². The molecule has 6 heteroatoms. The molecule has 6 nitrogen and oxygen atoms in total. The van der Waals surface area contributed by atoms with E-state index >= 15 is 0 Å². The summed E-state index contributed by atoms with van der Waals surface area (Å²) < 4.78 is 6.02. The molecule has 2 aromatic rings. The minimum Gasteiger partial charge on any atom is -0.490 e. The van der Waals surface area contributed by atoms with Gasteiger partial charge in [0.25, 0.3) is 5.91 Å². The van der Waals surface area contributed by atoms with Gasteiger partial charge in [-0.1, -0.05) is 30.3 Å². The fourth-order valence-electron chi connectivity index (χ4n) is 3.43. The Balaban J connectivity index is 1.43. The lowest BCUT2D eigenvalue weighted by atomic mass is 10.1. The third-order valence-corrected chi connectivity index (χ3v) is 5.10. The van der Waals surface area contributed by atoms with Gasteiger partial charge in [0.15, 0.2) is 0 Å². The van der Waals surface area contributed by atoms with E-state index in [1.54, 1.807) is 24.0 Å². The quantitative estimate of drug-likeness (QED) is 0.754. The van der Waals surface area contributed by atoms with E-state index in [0.29, 0.717) is 25.2 Å². The molecule has 0 radical (unpaired) electrons. The summed E-state index contributed by atoms with van der Waals surface area (Å²) in [6.45, 7) is 3.63. The molecule has 3 N–H and O–H groups in total. The summed E-state index contributed by atoms with van der Waals surface area (Å²) in [5, 5.41) is 2.95. The summed E-state index contributed by atoms with van der Waals surface area (Å²) in [6, 6.07) is 16.8. The van der Waals surface area contributed by atoms with Crippen LogP contribution in [0.4, 0.5) is 0 Å². The Bertz CT molecular complexity index is 798. The van der Waals surface area contributed by atoms with Crippen molar-refractivity contribution in [1.29, 1.82) is 0 Å². The number of carbonyl (C=O) groups is 2. The molecule has 0 saturated carbocycles. The fraction of sp³-hybridized carbons (Fsp3) is 0.391. The highest BCUT2D eigenvalue weighted by Crippen LogP contribution is 2.20. The van der Waals surface area contributed by atoms with Crippen LogP contribution in [0.25, 0.3) is 0 Å². The molecular weight excluding hydrogens is 366 g/mol. The Morgan fingerprint density at radius 2 is 1.76 bits per heavy atom. The predicted octanol–water partition coefficient (Wildman–Crippen LogP) is 2.38. The van der Waals surface area contributed by atoms with Crippen LogP contribution in [-0.2, 0) is 11.2 Å². The summed E-state index contributed by atoms with van der Waals surface area (Å²) >= 11 is 0. The smallest absolute Gasteiger partial charge is 0.251 e.